The molecule has 0 bridgehead atoms. The van der Waals surface area contributed by atoms with Crippen LogP contribution in [0.2, 0.25) is 0 Å². The fourth-order valence-corrected chi connectivity index (χ4v) is 2.88. The molecule has 2 aliphatic carbocycles. The van der Waals surface area contributed by atoms with Gasteiger partial charge in [0.25, 0.3) is 0 Å². The van der Waals surface area contributed by atoms with Gasteiger partial charge in [-0.1, -0.05) is 26.7 Å². The fourth-order valence-electron chi connectivity index (χ4n) is 2.88. The van der Waals surface area contributed by atoms with Crippen molar-refractivity contribution in [3.8, 4) is 0 Å². The molecule has 0 heterocycles. The van der Waals surface area contributed by atoms with Crippen LogP contribution in [0.25, 0.3) is 0 Å². The molecule has 2 saturated carbocycles. The third kappa shape index (κ3) is 3.14. The quantitative estimate of drug-likeness (QED) is 0.603. The second-order valence-electron chi connectivity index (χ2n) is 6.49. The van der Waals surface area contributed by atoms with E-state index in [9.17, 15) is 0 Å². The minimum Gasteiger partial charge on any atom is -0.370 e. The van der Waals surface area contributed by atoms with Crippen LogP contribution >= 0.6 is 0 Å². The van der Waals surface area contributed by atoms with Crippen molar-refractivity contribution in [3.05, 3.63) is 0 Å². The van der Waals surface area contributed by atoms with Gasteiger partial charge < -0.3 is 10.6 Å². The van der Waals surface area contributed by atoms with Gasteiger partial charge in [-0.3, -0.25) is 4.99 Å². The molecule has 0 aromatic heterocycles. The summed E-state index contributed by atoms with van der Waals surface area (Å²) < 4.78 is 0. The highest BCUT2D eigenvalue weighted by atomic mass is 15.3. The smallest absolute Gasteiger partial charge is 0.191 e. The molecule has 3 nitrogen and oxygen atoms in total. The van der Waals surface area contributed by atoms with Gasteiger partial charge in [-0.15, -0.1) is 0 Å². The molecule has 2 fully saturated rings. The van der Waals surface area contributed by atoms with Crippen LogP contribution in [-0.4, -0.2) is 30.5 Å². The molecular weight excluding hydrogens is 210 g/mol. The van der Waals surface area contributed by atoms with E-state index in [-0.39, 0.29) is 0 Å². The molecule has 2 aliphatic rings. The lowest BCUT2D eigenvalue weighted by molar-refractivity contribution is 0.227. The Morgan fingerprint density at radius 1 is 1.24 bits per heavy atom. The first-order valence-electron chi connectivity index (χ1n) is 7.03. The van der Waals surface area contributed by atoms with E-state index in [1.54, 1.807) is 0 Å². The lowest BCUT2D eigenvalue weighted by Crippen LogP contribution is -2.37. The average molecular weight is 237 g/mol. The lowest BCUT2D eigenvalue weighted by Gasteiger charge is -2.30. The van der Waals surface area contributed by atoms with Gasteiger partial charge in [-0.05, 0) is 37.0 Å². The van der Waals surface area contributed by atoms with Gasteiger partial charge in [0, 0.05) is 19.6 Å². The standard InChI is InChI=1S/C14H27N3/c1-14(2,11-6-4-5-7-11)10-16-13(15)17(3)12-8-9-12/h11-12H,4-10H2,1-3H3,(H2,15,16). The van der Waals surface area contributed by atoms with E-state index in [2.05, 4.69) is 30.8 Å². The van der Waals surface area contributed by atoms with Crippen LogP contribution in [0.5, 0.6) is 0 Å². The van der Waals surface area contributed by atoms with E-state index in [0.29, 0.717) is 11.5 Å². The summed E-state index contributed by atoms with van der Waals surface area (Å²) >= 11 is 0. The zero-order valence-electron chi connectivity index (χ0n) is 11.6. The minimum atomic E-state index is 0.311. The zero-order valence-corrected chi connectivity index (χ0v) is 11.6. The number of nitrogens with zero attached hydrogens (tertiary/aromatic N) is 2. The zero-order chi connectivity index (χ0) is 12.5. The second-order valence-corrected chi connectivity index (χ2v) is 6.49. The molecule has 17 heavy (non-hydrogen) atoms. The van der Waals surface area contributed by atoms with Gasteiger partial charge in [0.2, 0.25) is 0 Å². The second kappa shape index (κ2) is 4.87. The SMILES string of the molecule is CN(C(N)=NCC(C)(C)C1CCCC1)C1CC1. The topological polar surface area (TPSA) is 41.6 Å². The summed E-state index contributed by atoms with van der Waals surface area (Å²) in [6.45, 7) is 5.56. The minimum absolute atomic E-state index is 0.311. The molecule has 2 N–H and O–H groups in total. The summed E-state index contributed by atoms with van der Waals surface area (Å²) in [7, 11) is 2.07. The highest BCUT2D eigenvalue weighted by Crippen LogP contribution is 2.39. The summed E-state index contributed by atoms with van der Waals surface area (Å²) in [5.41, 5.74) is 6.35. The average Bonchev–Trinajstić information content (AvgIpc) is 2.99. The number of nitrogens with two attached hydrogens (primary N) is 1. The molecule has 0 aromatic rings. The molecule has 0 atom stereocenters. The van der Waals surface area contributed by atoms with Crippen molar-refractivity contribution in [2.24, 2.45) is 22.1 Å². The monoisotopic (exact) mass is 237 g/mol. The number of aliphatic imine (C=N–C) groups is 1. The van der Waals surface area contributed by atoms with Gasteiger partial charge >= 0.3 is 0 Å². The van der Waals surface area contributed by atoms with Crippen molar-refractivity contribution in [1.82, 2.24) is 4.90 Å². The van der Waals surface area contributed by atoms with Crippen molar-refractivity contribution >= 4 is 5.96 Å². The van der Waals surface area contributed by atoms with Crippen LogP contribution < -0.4 is 5.73 Å². The van der Waals surface area contributed by atoms with Crippen molar-refractivity contribution in [1.29, 1.82) is 0 Å². The molecule has 0 aliphatic heterocycles. The number of hydrogen-bond donors (Lipinski definition) is 1. The largest absolute Gasteiger partial charge is 0.370 e. The first-order valence-corrected chi connectivity index (χ1v) is 7.03. The fraction of sp³-hybridized carbons (Fsp3) is 0.929. The van der Waals surface area contributed by atoms with E-state index in [1.807, 2.05) is 0 Å². The van der Waals surface area contributed by atoms with Crippen LogP contribution in [0, 0.1) is 11.3 Å². The van der Waals surface area contributed by atoms with Crippen LogP contribution in [0.4, 0.5) is 0 Å². The Morgan fingerprint density at radius 3 is 2.35 bits per heavy atom. The maximum absolute atomic E-state index is 6.04. The molecule has 0 amide bonds. The Morgan fingerprint density at radius 2 is 1.82 bits per heavy atom. The molecule has 0 radical (unpaired) electrons. The van der Waals surface area contributed by atoms with Gasteiger partial charge in [0.1, 0.15) is 0 Å². The maximum Gasteiger partial charge on any atom is 0.191 e. The Hall–Kier alpha value is -0.730. The van der Waals surface area contributed by atoms with E-state index < -0.39 is 0 Å². The first-order chi connectivity index (χ1) is 8.00. The van der Waals surface area contributed by atoms with E-state index in [4.69, 9.17) is 5.73 Å². The van der Waals surface area contributed by atoms with Crippen LogP contribution in [-0.2, 0) is 0 Å². The molecule has 0 spiro atoms. The lowest BCUT2D eigenvalue weighted by atomic mass is 9.78. The number of hydrogen-bond acceptors (Lipinski definition) is 1. The van der Waals surface area contributed by atoms with E-state index >= 15 is 0 Å². The van der Waals surface area contributed by atoms with Crippen LogP contribution in [0.15, 0.2) is 4.99 Å². The Balaban J connectivity index is 1.88. The molecule has 98 valence electrons. The maximum atomic E-state index is 6.04. The highest BCUT2D eigenvalue weighted by Gasteiger charge is 2.32. The summed E-state index contributed by atoms with van der Waals surface area (Å²) in [6, 6.07) is 0.661. The Bertz CT molecular complexity index is 286. The molecular formula is C14H27N3. The Labute approximate surface area is 105 Å². The molecule has 3 heteroatoms. The molecule has 0 unspecified atom stereocenters. The van der Waals surface area contributed by atoms with E-state index in [0.717, 1.165) is 18.4 Å². The molecule has 0 aromatic carbocycles. The summed E-state index contributed by atoms with van der Waals surface area (Å²) in [5, 5.41) is 0. The third-order valence-electron chi connectivity index (χ3n) is 4.56. The van der Waals surface area contributed by atoms with E-state index in [1.165, 1.54) is 38.5 Å². The summed E-state index contributed by atoms with van der Waals surface area (Å²) in [6.07, 6.45) is 8.10. The van der Waals surface area contributed by atoms with Crippen molar-refractivity contribution in [2.45, 2.75) is 58.4 Å². The number of rotatable bonds is 4. The summed E-state index contributed by atoms with van der Waals surface area (Å²) in [5.74, 6) is 1.57. The van der Waals surface area contributed by atoms with Crippen molar-refractivity contribution in [3.63, 3.8) is 0 Å². The van der Waals surface area contributed by atoms with Gasteiger partial charge in [-0.2, -0.15) is 0 Å². The first kappa shape index (κ1) is 12.7. The third-order valence-corrected chi connectivity index (χ3v) is 4.56. The predicted molar refractivity (Wildman–Crippen MR) is 73.0 cm³/mol. The normalized spacial score (nSPS) is 23.1. The molecule has 0 saturated heterocycles. The van der Waals surface area contributed by atoms with Crippen molar-refractivity contribution in [2.75, 3.05) is 13.6 Å². The van der Waals surface area contributed by atoms with Gasteiger partial charge in [0.05, 0.1) is 0 Å². The van der Waals surface area contributed by atoms with Crippen molar-refractivity contribution < 1.29 is 0 Å². The summed E-state index contributed by atoms with van der Waals surface area (Å²) in [4.78, 5) is 6.77. The number of guanidine groups is 1. The van der Waals surface area contributed by atoms with Crippen LogP contribution in [0.1, 0.15) is 52.4 Å². The van der Waals surface area contributed by atoms with Gasteiger partial charge in [-0.25, -0.2) is 0 Å². The predicted octanol–water partition coefficient (Wildman–Crippen LogP) is 2.61. The van der Waals surface area contributed by atoms with Gasteiger partial charge in [0.15, 0.2) is 5.96 Å². The van der Waals surface area contributed by atoms with Crippen LogP contribution in [0.3, 0.4) is 0 Å². The molecule has 2 rings (SSSR count). The Kier molecular flexibility index (Phi) is 3.64. The highest BCUT2D eigenvalue weighted by molar-refractivity contribution is 5.78.